The first-order chi connectivity index (χ1) is 12.7. The summed E-state index contributed by atoms with van der Waals surface area (Å²) in [6, 6.07) is 8.08. The molecule has 1 unspecified atom stereocenters. The number of benzene rings is 1. The van der Waals surface area contributed by atoms with Crippen molar-refractivity contribution in [1.29, 1.82) is 0 Å². The van der Waals surface area contributed by atoms with Crippen LogP contribution in [0.3, 0.4) is 0 Å². The van der Waals surface area contributed by atoms with E-state index in [2.05, 4.69) is 15.0 Å². The van der Waals surface area contributed by atoms with Crippen LogP contribution in [0, 0.1) is 0 Å². The SMILES string of the molecule is O=C(Cn1cnc2ccccc21)N1CCCC(Oc2ncc(Cl)cn2)C1. The van der Waals surface area contributed by atoms with Crippen molar-refractivity contribution in [3.05, 3.63) is 48.0 Å². The summed E-state index contributed by atoms with van der Waals surface area (Å²) >= 11 is 5.79. The molecule has 1 saturated heterocycles. The van der Waals surface area contributed by atoms with Crippen molar-refractivity contribution in [2.24, 2.45) is 0 Å². The number of carbonyl (C=O) groups excluding carboxylic acids is 1. The first-order valence-electron chi connectivity index (χ1n) is 8.51. The Hall–Kier alpha value is -2.67. The fourth-order valence-electron chi connectivity index (χ4n) is 3.15. The molecule has 7 nitrogen and oxygen atoms in total. The molecule has 0 radical (unpaired) electrons. The van der Waals surface area contributed by atoms with Crippen LogP contribution in [-0.2, 0) is 11.3 Å². The zero-order chi connectivity index (χ0) is 17.9. The van der Waals surface area contributed by atoms with Crippen molar-refractivity contribution in [3.8, 4) is 6.01 Å². The number of carbonyl (C=O) groups is 1. The maximum Gasteiger partial charge on any atom is 0.316 e. The second-order valence-electron chi connectivity index (χ2n) is 6.27. The third-order valence-corrected chi connectivity index (χ3v) is 4.63. The Balaban J connectivity index is 1.40. The summed E-state index contributed by atoms with van der Waals surface area (Å²) in [6.45, 7) is 1.52. The number of rotatable bonds is 4. The quantitative estimate of drug-likeness (QED) is 0.704. The van der Waals surface area contributed by atoms with Crippen LogP contribution in [0.2, 0.25) is 5.02 Å². The molecule has 0 bridgehead atoms. The normalized spacial score (nSPS) is 17.4. The van der Waals surface area contributed by atoms with Gasteiger partial charge in [-0.1, -0.05) is 23.7 Å². The summed E-state index contributed by atoms with van der Waals surface area (Å²) in [5, 5.41) is 0.463. The molecule has 4 rings (SSSR count). The standard InChI is InChI=1S/C18H18ClN5O2/c19-13-8-20-18(21-9-13)26-14-4-3-7-23(10-14)17(25)11-24-12-22-15-5-1-2-6-16(15)24/h1-2,5-6,8-9,12,14H,3-4,7,10-11H2. The van der Waals surface area contributed by atoms with Crippen LogP contribution in [0.4, 0.5) is 0 Å². The van der Waals surface area contributed by atoms with Crippen LogP contribution in [-0.4, -0.2) is 49.5 Å². The van der Waals surface area contributed by atoms with Crippen LogP contribution in [0.1, 0.15) is 12.8 Å². The molecule has 2 aromatic heterocycles. The lowest BCUT2D eigenvalue weighted by atomic mass is 10.1. The largest absolute Gasteiger partial charge is 0.458 e. The molecule has 0 spiro atoms. The Morgan fingerprint density at radius 3 is 2.88 bits per heavy atom. The van der Waals surface area contributed by atoms with Crippen molar-refractivity contribution < 1.29 is 9.53 Å². The van der Waals surface area contributed by atoms with Gasteiger partial charge in [0, 0.05) is 6.54 Å². The van der Waals surface area contributed by atoms with Crippen molar-refractivity contribution in [2.45, 2.75) is 25.5 Å². The van der Waals surface area contributed by atoms with Gasteiger partial charge in [0.15, 0.2) is 0 Å². The molecule has 1 fully saturated rings. The van der Waals surface area contributed by atoms with Gasteiger partial charge in [-0.3, -0.25) is 4.79 Å². The van der Waals surface area contributed by atoms with Crippen molar-refractivity contribution in [3.63, 3.8) is 0 Å². The van der Waals surface area contributed by atoms with Crippen LogP contribution in [0.15, 0.2) is 43.0 Å². The van der Waals surface area contributed by atoms with Gasteiger partial charge < -0.3 is 14.2 Å². The van der Waals surface area contributed by atoms with Gasteiger partial charge in [-0.15, -0.1) is 0 Å². The second kappa shape index (κ2) is 7.29. The maximum absolute atomic E-state index is 12.7. The number of amides is 1. The van der Waals surface area contributed by atoms with E-state index in [1.165, 1.54) is 12.4 Å². The first kappa shape index (κ1) is 16.8. The molecule has 3 aromatic rings. The highest BCUT2D eigenvalue weighted by molar-refractivity contribution is 6.30. The third-order valence-electron chi connectivity index (χ3n) is 4.43. The summed E-state index contributed by atoms with van der Waals surface area (Å²) in [4.78, 5) is 27.0. The number of imidazole rings is 1. The molecule has 8 heteroatoms. The third kappa shape index (κ3) is 3.62. The lowest BCUT2D eigenvalue weighted by molar-refractivity contribution is -0.134. The van der Waals surface area contributed by atoms with E-state index in [9.17, 15) is 4.79 Å². The highest BCUT2D eigenvalue weighted by Crippen LogP contribution is 2.18. The number of ether oxygens (including phenoxy) is 1. The lowest BCUT2D eigenvalue weighted by Crippen LogP contribution is -2.45. The molecule has 1 aromatic carbocycles. The molecule has 0 N–H and O–H groups in total. The number of hydrogen-bond donors (Lipinski definition) is 0. The molecule has 134 valence electrons. The highest BCUT2D eigenvalue weighted by atomic mass is 35.5. The Labute approximate surface area is 155 Å². The van der Waals surface area contributed by atoms with Crippen molar-refractivity contribution in [1.82, 2.24) is 24.4 Å². The van der Waals surface area contributed by atoms with Gasteiger partial charge in [0.1, 0.15) is 12.6 Å². The number of halogens is 1. The van der Waals surface area contributed by atoms with E-state index in [0.717, 1.165) is 30.4 Å². The number of piperidine rings is 1. The predicted molar refractivity (Wildman–Crippen MR) is 97.0 cm³/mol. The van der Waals surface area contributed by atoms with E-state index in [1.807, 2.05) is 33.7 Å². The van der Waals surface area contributed by atoms with E-state index >= 15 is 0 Å². The Kier molecular flexibility index (Phi) is 4.71. The summed E-state index contributed by atoms with van der Waals surface area (Å²) < 4.78 is 7.68. The second-order valence-corrected chi connectivity index (χ2v) is 6.70. The number of nitrogens with zero attached hydrogens (tertiary/aromatic N) is 5. The Bertz CT molecular complexity index is 911. The van der Waals surface area contributed by atoms with Gasteiger partial charge in [0.05, 0.1) is 41.3 Å². The van der Waals surface area contributed by atoms with E-state index in [1.54, 1.807) is 6.33 Å². The monoisotopic (exact) mass is 371 g/mol. The van der Waals surface area contributed by atoms with Gasteiger partial charge in [-0.2, -0.15) is 0 Å². The molecule has 3 heterocycles. The molecule has 1 amide bonds. The zero-order valence-corrected chi connectivity index (χ0v) is 14.8. The molecule has 1 atom stereocenters. The fourth-order valence-corrected chi connectivity index (χ4v) is 3.25. The predicted octanol–water partition coefficient (Wildman–Crippen LogP) is 2.55. The molecule has 1 aliphatic rings. The molecule has 26 heavy (non-hydrogen) atoms. The average molecular weight is 372 g/mol. The molecular weight excluding hydrogens is 354 g/mol. The number of para-hydroxylation sites is 2. The maximum atomic E-state index is 12.7. The van der Waals surface area contributed by atoms with Gasteiger partial charge in [-0.25, -0.2) is 15.0 Å². The van der Waals surface area contributed by atoms with Gasteiger partial charge in [0.2, 0.25) is 5.91 Å². The molecule has 0 saturated carbocycles. The number of fused-ring (bicyclic) bond motifs is 1. The molecule has 1 aliphatic heterocycles. The minimum absolute atomic E-state index is 0.0541. The first-order valence-corrected chi connectivity index (χ1v) is 8.89. The number of aromatic nitrogens is 4. The molecule has 0 aliphatic carbocycles. The van der Waals surface area contributed by atoms with E-state index in [0.29, 0.717) is 11.6 Å². The highest BCUT2D eigenvalue weighted by Gasteiger charge is 2.25. The summed E-state index contributed by atoms with van der Waals surface area (Å²) in [7, 11) is 0. The Morgan fingerprint density at radius 1 is 1.23 bits per heavy atom. The number of likely N-dealkylation sites (tertiary alicyclic amines) is 1. The van der Waals surface area contributed by atoms with E-state index in [-0.39, 0.29) is 24.6 Å². The van der Waals surface area contributed by atoms with Crippen molar-refractivity contribution >= 4 is 28.5 Å². The van der Waals surface area contributed by atoms with Crippen LogP contribution < -0.4 is 4.74 Å². The van der Waals surface area contributed by atoms with Gasteiger partial charge >= 0.3 is 6.01 Å². The summed E-state index contributed by atoms with van der Waals surface area (Å²) in [5.74, 6) is 0.0541. The molecular formula is C18H18ClN5O2. The van der Waals surface area contributed by atoms with Gasteiger partial charge in [0.25, 0.3) is 0 Å². The number of hydrogen-bond acceptors (Lipinski definition) is 5. The van der Waals surface area contributed by atoms with E-state index in [4.69, 9.17) is 16.3 Å². The van der Waals surface area contributed by atoms with Crippen LogP contribution in [0.25, 0.3) is 11.0 Å². The smallest absolute Gasteiger partial charge is 0.316 e. The van der Waals surface area contributed by atoms with E-state index < -0.39 is 0 Å². The zero-order valence-electron chi connectivity index (χ0n) is 14.1. The lowest BCUT2D eigenvalue weighted by Gasteiger charge is -2.32. The van der Waals surface area contributed by atoms with Gasteiger partial charge in [-0.05, 0) is 25.0 Å². The van der Waals surface area contributed by atoms with Crippen molar-refractivity contribution in [2.75, 3.05) is 13.1 Å². The Morgan fingerprint density at radius 2 is 2.04 bits per heavy atom. The summed E-state index contributed by atoms with van der Waals surface area (Å²) in [5.41, 5.74) is 1.85. The topological polar surface area (TPSA) is 73.1 Å². The summed E-state index contributed by atoms with van der Waals surface area (Å²) in [6.07, 6.45) is 6.34. The fraction of sp³-hybridized carbons (Fsp3) is 0.333. The van der Waals surface area contributed by atoms with Crippen LogP contribution in [0.5, 0.6) is 6.01 Å². The average Bonchev–Trinajstić information content (AvgIpc) is 3.07. The van der Waals surface area contributed by atoms with Crippen LogP contribution >= 0.6 is 11.6 Å². The minimum Gasteiger partial charge on any atom is -0.458 e. The minimum atomic E-state index is -0.117.